The standard InChI is InChI=1S/C15H21N5S2/c16-11-13-12-17-15(20-4-2-8-22-10-6-20)18-14(13)19-3-1-7-21-9-5-19/h12H,1-10H2. The minimum absolute atomic E-state index is 0.597. The number of rotatable bonds is 2. The number of nitrogens with zero attached hydrogens (tertiary/aromatic N) is 5. The Bertz CT molecular complexity index is 529. The first kappa shape index (κ1) is 15.8. The molecule has 2 fully saturated rings. The molecule has 1 aromatic rings. The van der Waals surface area contributed by atoms with Crippen LogP contribution >= 0.6 is 23.5 Å². The van der Waals surface area contributed by atoms with Gasteiger partial charge >= 0.3 is 0 Å². The zero-order valence-corrected chi connectivity index (χ0v) is 14.3. The maximum Gasteiger partial charge on any atom is 0.227 e. The van der Waals surface area contributed by atoms with Crippen LogP contribution in [0.2, 0.25) is 0 Å². The zero-order chi connectivity index (χ0) is 15.2. The molecule has 118 valence electrons. The summed E-state index contributed by atoms with van der Waals surface area (Å²) in [5, 5.41) is 9.39. The van der Waals surface area contributed by atoms with Gasteiger partial charge in [-0.05, 0) is 24.3 Å². The van der Waals surface area contributed by atoms with E-state index < -0.39 is 0 Å². The van der Waals surface area contributed by atoms with Crippen LogP contribution in [0, 0.1) is 11.3 Å². The van der Waals surface area contributed by atoms with Crippen molar-refractivity contribution >= 4 is 35.3 Å². The number of nitriles is 1. The third-order valence-corrected chi connectivity index (χ3v) is 6.00. The molecular weight excluding hydrogens is 314 g/mol. The van der Waals surface area contributed by atoms with Gasteiger partial charge in [-0.2, -0.15) is 33.8 Å². The van der Waals surface area contributed by atoms with Crippen LogP contribution < -0.4 is 9.80 Å². The number of aromatic nitrogens is 2. The Hall–Kier alpha value is -1.13. The fraction of sp³-hybridized carbons (Fsp3) is 0.667. The molecule has 0 aromatic carbocycles. The summed E-state index contributed by atoms with van der Waals surface area (Å²) in [6.45, 7) is 3.94. The first-order valence-electron chi connectivity index (χ1n) is 7.81. The largest absolute Gasteiger partial charge is 0.354 e. The fourth-order valence-electron chi connectivity index (χ4n) is 2.74. The van der Waals surface area contributed by atoms with Gasteiger partial charge in [-0.3, -0.25) is 0 Å². The highest BCUT2D eigenvalue weighted by Crippen LogP contribution is 2.24. The Morgan fingerprint density at radius 2 is 1.64 bits per heavy atom. The lowest BCUT2D eigenvalue weighted by Crippen LogP contribution is -2.31. The van der Waals surface area contributed by atoms with Gasteiger partial charge in [0.15, 0.2) is 5.82 Å². The molecule has 3 heterocycles. The van der Waals surface area contributed by atoms with Crippen molar-refractivity contribution in [3.8, 4) is 6.07 Å². The molecule has 2 aliphatic rings. The summed E-state index contributed by atoms with van der Waals surface area (Å²) in [6.07, 6.45) is 4.02. The summed E-state index contributed by atoms with van der Waals surface area (Å²) >= 11 is 3.98. The van der Waals surface area contributed by atoms with Crippen LogP contribution in [0.3, 0.4) is 0 Å². The van der Waals surface area contributed by atoms with Crippen molar-refractivity contribution in [1.29, 1.82) is 5.26 Å². The molecule has 0 spiro atoms. The van der Waals surface area contributed by atoms with Gasteiger partial charge in [0.2, 0.25) is 5.95 Å². The van der Waals surface area contributed by atoms with Crippen molar-refractivity contribution in [2.24, 2.45) is 0 Å². The second-order valence-corrected chi connectivity index (χ2v) is 7.87. The minimum atomic E-state index is 0.597. The van der Waals surface area contributed by atoms with Gasteiger partial charge in [-0.15, -0.1) is 0 Å². The molecule has 3 rings (SSSR count). The van der Waals surface area contributed by atoms with Crippen molar-refractivity contribution in [3.63, 3.8) is 0 Å². The molecule has 1 aromatic heterocycles. The van der Waals surface area contributed by atoms with E-state index in [1.54, 1.807) is 6.20 Å². The molecule has 0 N–H and O–H groups in total. The van der Waals surface area contributed by atoms with Crippen LogP contribution in [-0.2, 0) is 0 Å². The van der Waals surface area contributed by atoms with Gasteiger partial charge in [0.1, 0.15) is 11.6 Å². The highest BCUT2D eigenvalue weighted by atomic mass is 32.2. The summed E-state index contributed by atoms with van der Waals surface area (Å²) in [5.74, 6) is 6.24. The molecule has 0 saturated carbocycles. The first-order valence-corrected chi connectivity index (χ1v) is 10.1. The second kappa shape index (κ2) is 7.93. The molecule has 5 nitrogen and oxygen atoms in total. The van der Waals surface area contributed by atoms with E-state index in [-0.39, 0.29) is 0 Å². The molecule has 0 radical (unpaired) electrons. The van der Waals surface area contributed by atoms with Crippen molar-refractivity contribution in [3.05, 3.63) is 11.8 Å². The Labute approximate surface area is 140 Å². The van der Waals surface area contributed by atoms with Crippen LogP contribution in [-0.4, -0.2) is 59.2 Å². The third-order valence-electron chi connectivity index (χ3n) is 3.90. The van der Waals surface area contributed by atoms with E-state index in [1.807, 2.05) is 23.5 Å². The van der Waals surface area contributed by atoms with E-state index in [0.717, 1.165) is 55.9 Å². The van der Waals surface area contributed by atoms with Gasteiger partial charge in [0, 0.05) is 37.7 Å². The Morgan fingerprint density at radius 3 is 2.36 bits per heavy atom. The topological polar surface area (TPSA) is 56.1 Å². The van der Waals surface area contributed by atoms with Crippen LogP contribution in [0.1, 0.15) is 18.4 Å². The van der Waals surface area contributed by atoms with Crippen LogP contribution in [0.25, 0.3) is 0 Å². The number of hydrogen-bond acceptors (Lipinski definition) is 7. The molecule has 0 atom stereocenters. The number of anilines is 2. The first-order chi connectivity index (χ1) is 10.9. The van der Waals surface area contributed by atoms with Crippen molar-refractivity contribution in [1.82, 2.24) is 9.97 Å². The average Bonchev–Trinajstić information content (AvgIpc) is 2.99. The Balaban J connectivity index is 1.86. The maximum atomic E-state index is 9.39. The lowest BCUT2D eigenvalue weighted by Gasteiger charge is -2.25. The maximum absolute atomic E-state index is 9.39. The predicted octanol–water partition coefficient (Wildman–Crippen LogP) is 2.23. The van der Waals surface area contributed by atoms with Crippen LogP contribution in [0.5, 0.6) is 0 Å². The lowest BCUT2D eigenvalue weighted by atomic mass is 10.3. The quantitative estimate of drug-likeness (QED) is 0.821. The third kappa shape index (κ3) is 3.79. The summed E-state index contributed by atoms with van der Waals surface area (Å²) in [4.78, 5) is 13.7. The summed E-state index contributed by atoms with van der Waals surface area (Å²) in [7, 11) is 0. The molecular formula is C15H21N5S2. The normalized spacial score (nSPS) is 20.1. The Morgan fingerprint density at radius 1 is 0.955 bits per heavy atom. The van der Waals surface area contributed by atoms with Crippen molar-refractivity contribution in [2.45, 2.75) is 12.8 Å². The van der Waals surface area contributed by atoms with E-state index in [2.05, 4.69) is 20.9 Å². The average molecular weight is 336 g/mol. The van der Waals surface area contributed by atoms with Crippen molar-refractivity contribution < 1.29 is 0 Å². The second-order valence-electron chi connectivity index (χ2n) is 5.43. The molecule has 0 aliphatic carbocycles. The lowest BCUT2D eigenvalue weighted by molar-refractivity contribution is 0.763. The smallest absolute Gasteiger partial charge is 0.227 e. The van der Waals surface area contributed by atoms with E-state index >= 15 is 0 Å². The molecule has 22 heavy (non-hydrogen) atoms. The van der Waals surface area contributed by atoms with Crippen molar-refractivity contribution in [2.75, 3.05) is 59.0 Å². The van der Waals surface area contributed by atoms with E-state index in [1.165, 1.54) is 17.9 Å². The highest BCUT2D eigenvalue weighted by molar-refractivity contribution is 7.99. The summed E-state index contributed by atoms with van der Waals surface area (Å²) in [5.41, 5.74) is 0.597. The van der Waals surface area contributed by atoms with Gasteiger partial charge < -0.3 is 9.80 Å². The van der Waals surface area contributed by atoms with Crippen LogP contribution in [0.4, 0.5) is 11.8 Å². The monoisotopic (exact) mass is 335 g/mol. The van der Waals surface area contributed by atoms with Gasteiger partial charge in [0.25, 0.3) is 0 Å². The fourth-order valence-corrected chi connectivity index (χ4v) is 4.51. The summed E-state index contributed by atoms with van der Waals surface area (Å²) < 4.78 is 0. The van der Waals surface area contributed by atoms with Gasteiger partial charge in [0.05, 0.1) is 6.20 Å². The zero-order valence-electron chi connectivity index (χ0n) is 12.7. The molecule has 2 saturated heterocycles. The minimum Gasteiger partial charge on any atom is -0.354 e. The SMILES string of the molecule is N#Cc1cnc(N2CCCSCC2)nc1N1CCCSCC1. The van der Waals surface area contributed by atoms with Gasteiger partial charge in [-0.1, -0.05) is 0 Å². The van der Waals surface area contributed by atoms with E-state index in [9.17, 15) is 5.26 Å². The molecule has 0 bridgehead atoms. The van der Waals surface area contributed by atoms with Crippen LogP contribution in [0.15, 0.2) is 6.20 Å². The molecule has 0 unspecified atom stereocenters. The van der Waals surface area contributed by atoms with Gasteiger partial charge in [-0.25, -0.2) is 4.98 Å². The highest BCUT2D eigenvalue weighted by Gasteiger charge is 2.19. The molecule has 0 amide bonds. The van der Waals surface area contributed by atoms with E-state index in [4.69, 9.17) is 4.98 Å². The molecule has 7 heteroatoms. The number of hydrogen-bond donors (Lipinski definition) is 0. The van der Waals surface area contributed by atoms with E-state index in [0.29, 0.717) is 5.56 Å². The summed E-state index contributed by atoms with van der Waals surface area (Å²) in [6, 6.07) is 2.26. The number of thioether (sulfide) groups is 2. The molecule has 2 aliphatic heterocycles. The Kier molecular flexibility index (Phi) is 5.68. The predicted molar refractivity (Wildman–Crippen MR) is 95.1 cm³/mol.